The number of allylic oxidation sites excluding steroid dienone is 2. The molecule has 2 aliphatic carbocycles. The Kier molecular flexibility index (Phi) is 5.97. The normalized spacial score (nSPS) is 30.1. The fraction of sp³-hybridized carbons (Fsp3) is 0.652. The molecule has 0 spiro atoms. The Morgan fingerprint density at radius 1 is 0.783 bits per heavy atom. The molecule has 0 radical (unpaired) electrons. The molecule has 2 aliphatic rings. The third kappa shape index (κ3) is 4.72. The minimum absolute atomic E-state index is 0.415. The predicted molar refractivity (Wildman–Crippen MR) is 101 cm³/mol. The minimum atomic E-state index is 0.415. The molecule has 0 amide bonds. The molecule has 0 heterocycles. The number of hydrogen-bond acceptors (Lipinski definition) is 0. The van der Waals surface area contributed by atoms with Crippen LogP contribution in [-0.2, 0) is 5.41 Å². The van der Waals surface area contributed by atoms with Crippen molar-refractivity contribution in [2.45, 2.75) is 89.4 Å². The molecule has 2 atom stereocenters. The molecule has 0 bridgehead atoms. The van der Waals surface area contributed by atoms with E-state index in [1.807, 2.05) is 0 Å². The van der Waals surface area contributed by atoms with E-state index in [1.54, 1.807) is 5.57 Å². The van der Waals surface area contributed by atoms with Gasteiger partial charge in [-0.3, -0.25) is 0 Å². The standard InChI is InChI=1S/C23H34/c1-23(21-16-12-9-13-17-21)19-22(23)18-20-14-10-7-5-3-2-4-6-8-11-15-20/h9,12-13,16-18,22H,2-8,10-11,14-15,19H2,1H3/t22-,23-/m1/s1. The molecule has 2 saturated carbocycles. The van der Waals surface area contributed by atoms with Gasteiger partial charge in [0.05, 0.1) is 0 Å². The highest BCUT2D eigenvalue weighted by atomic mass is 14.5. The molecule has 0 heteroatoms. The van der Waals surface area contributed by atoms with Crippen LogP contribution in [0.2, 0.25) is 0 Å². The highest BCUT2D eigenvalue weighted by Crippen LogP contribution is 2.55. The van der Waals surface area contributed by atoms with Crippen LogP contribution in [0.1, 0.15) is 89.5 Å². The van der Waals surface area contributed by atoms with E-state index in [4.69, 9.17) is 0 Å². The maximum absolute atomic E-state index is 2.68. The van der Waals surface area contributed by atoms with Gasteiger partial charge in [-0.15, -0.1) is 0 Å². The van der Waals surface area contributed by atoms with Gasteiger partial charge in [-0.05, 0) is 49.0 Å². The molecule has 1 aromatic carbocycles. The van der Waals surface area contributed by atoms with Crippen LogP contribution in [0.15, 0.2) is 42.0 Å². The summed E-state index contributed by atoms with van der Waals surface area (Å²) >= 11 is 0. The lowest BCUT2D eigenvalue weighted by Crippen LogP contribution is -2.03. The maximum atomic E-state index is 2.68. The van der Waals surface area contributed by atoms with Crippen molar-refractivity contribution in [2.24, 2.45) is 5.92 Å². The van der Waals surface area contributed by atoms with Gasteiger partial charge in [0.15, 0.2) is 0 Å². The first-order valence-corrected chi connectivity index (χ1v) is 10.0. The second-order valence-corrected chi connectivity index (χ2v) is 8.10. The Hall–Kier alpha value is -1.04. The van der Waals surface area contributed by atoms with E-state index in [2.05, 4.69) is 43.3 Å². The van der Waals surface area contributed by atoms with Crippen molar-refractivity contribution in [3.63, 3.8) is 0 Å². The van der Waals surface area contributed by atoms with E-state index in [1.165, 1.54) is 82.6 Å². The first kappa shape index (κ1) is 16.8. The molecule has 1 aromatic rings. The predicted octanol–water partition coefficient (Wildman–Crippen LogP) is 7.20. The first-order chi connectivity index (χ1) is 11.3. The molecular weight excluding hydrogens is 276 g/mol. The molecule has 126 valence electrons. The van der Waals surface area contributed by atoms with Crippen LogP contribution in [0, 0.1) is 5.92 Å². The Morgan fingerprint density at radius 3 is 1.87 bits per heavy atom. The Morgan fingerprint density at radius 2 is 1.30 bits per heavy atom. The fourth-order valence-corrected chi connectivity index (χ4v) is 4.31. The molecule has 0 aromatic heterocycles. The van der Waals surface area contributed by atoms with Crippen LogP contribution in [-0.4, -0.2) is 0 Å². The zero-order valence-electron chi connectivity index (χ0n) is 15.0. The lowest BCUT2D eigenvalue weighted by Gasteiger charge is -2.13. The first-order valence-electron chi connectivity index (χ1n) is 10.0. The second-order valence-electron chi connectivity index (χ2n) is 8.10. The highest BCUT2D eigenvalue weighted by molar-refractivity contribution is 5.35. The zero-order chi connectivity index (χ0) is 16.0. The van der Waals surface area contributed by atoms with Gasteiger partial charge >= 0.3 is 0 Å². The third-order valence-corrected chi connectivity index (χ3v) is 6.17. The van der Waals surface area contributed by atoms with E-state index >= 15 is 0 Å². The van der Waals surface area contributed by atoms with Gasteiger partial charge in [0.1, 0.15) is 0 Å². The smallest absolute Gasteiger partial charge is 0.000624 e. The molecule has 0 saturated heterocycles. The van der Waals surface area contributed by atoms with Gasteiger partial charge in [-0.25, -0.2) is 0 Å². The van der Waals surface area contributed by atoms with Gasteiger partial charge < -0.3 is 0 Å². The number of benzene rings is 1. The summed E-state index contributed by atoms with van der Waals surface area (Å²) in [6, 6.07) is 11.2. The minimum Gasteiger partial charge on any atom is -0.0813 e. The van der Waals surface area contributed by atoms with Crippen molar-refractivity contribution in [3.05, 3.63) is 47.5 Å². The van der Waals surface area contributed by atoms with Crippen LogP contribution in [0.3, 0.4) is 0 Å². The van der Waals surface area contributed by atoms with Gasteiger partial charge in [0.25, 0.3) is 0 Å². The average Bonchev–Trinajstić information content (AvgIpc) is 3.22. The Bertz CT molecular complexity index is 484. The van der Waals surface area contributed by atoms with E-state index in [9.17, 15) is 0 Å². The maximum Gasteiger partial charge on any atom is -0.000624 e. The monoisotopic (exact) mass is 310 g/mol. The van der Waals surface area contributed by atoms with Gasteiger partial charge in [-0.1, -0.05) is 93.9 Å². The third-order valence-electron chi connectivity index (χ3n) is 6.17. The number of hydrogen-bond donors (Lipinski definition) is 0. The van der Waals surface area contributed by atoms with Crippen molar-refractivity contribution >= 4 is 0 Å². The summed E-state index contributed by atoms with van der Waals surface area (Å²) in [5.41, 5.74) is 3.73. The van der Waals surface area contributed by atoms with Crippen molar-refractivity contribution in [2.75, 3.05) is 0 Å². The van der Waals surface area contributed by atoms with Crippen LogP contribution >= 0.6 is 0 Å². The SMILES string of the molecule is C[C@]1(c2ccccc2)C[C@H]1C=C1CCCCCCCCCCC1. The molecule has 0 nitrogen and oxygen atoms in total. The van der Waals surface area contributed by atoms with Crippen LogP contribution in [0.4, 0.5) is 0 Å². The van der Waals surface area contributed by atoms with Gasteiger partial charge in [0, 0.05) is 0 Å². The van der Waals surface area contributed by atoms with E-state index < -0.39 is 0 Å². The molecule has 0 unspecified atom stereocenters. The van der Waals surface area contributed by atoms with E-state index in [0.717, 1.165) is 5.92 Å². The Balaban J connectivity index is 1.60. The summed E-state index contributed by atoms with van der Waals surface area (Å²) in [5, 5.41) is 0. The number of rotatable bonds is 2. The van der Waals surface area contributed by atoms with Crippen LogP contribution in [0.25, 0.3) is 0 Å². The fourth-order valence-electron chi connectivity index (χ4n) is 4.31. The molecule has 0 aliphatic heterocycles. The lowest BCUT2D eigenvalue weighted by atomic mass is 9.92. The van der Waals surface area contributed by atoms with Gasteiger partial charge in [0.2, 0.25) is 0 Å². The average molecular weight is 311 g/mol. The summed E-state index contributed by atoms with van der Waals surface area (Å²) in [6.07, 6.45) is 19.8. The molecule has 23 heavy (non-hydrogen) atoms. The molecule has 2 fully saturated rings. The summed E-state index contributed by atoms with van der Waals surface area (Å²) in [5.74, 6) is 0.785. The van der Waals surface area contributed by atoms with Crippen molar-refractivity contribution in [1.82, 2.24) is 0 Å². The van der Waals surface area contributed by atoms with Crippen molar-refractivity contribution in [3.8, 4) is 0 Å². The highest BCUT2D eigenvalue weighted by Gasteiger charge is 2.49. The van der Waals surface area contributed by atoms with Gasteiger partial charge in [-0.2, -0.15) is 0 Å². The van der Waals surface area contributed by atoms with Crippen LogP contribution < -0.4 is 0 Å². The van der Waals surface area contributed by atoms with Crippen molar-refractivity contribution in [1.29, 1.82) is 0 Å². The molecule has 0 N–H and O–H groups in total. The molecule has 3 rings (SSSR count). The Labute approximate surface area is 143 Å². The summed E-state index contributed by atoms with van der Waals surface area (Å²) in [7, 11) is 0. The van der Waals surface area contributed by atoms with E-state index in [-0.39, 0.29) is 0 Å². The summed E-state index contributed by atoms with van der Waals surface area (Å²) in [6.45, 7) is 2.46. The quantitative estimate of drug-likeness (QED) is 0.507. The lowest BCUT2D eigenvalue weighted by molar-refractivity contribution is 0.538. The zero-order valence-corrected chi connectivity index (χ0v) is 15.0. The second kappa shape index (κ2) is 8.18. The largest absolute Gasteiger partial charge is 0.0813 e. The topological polar surface area (TPSA) is 0 Å². The van der Waals surface area contributed by atoms with E-state index in [0.29, 0.717) is 5.41 Å². The summed E-state index contributed by atoms with van der Waals surface area (Å²) < 4.78 is 0. The molecular formula is C23H34. The van der Waals surface area contributed by atoms with Crippen LogP contribution in [0.5, 0.6) is 0 Å². The van der Waals surface area contributed by atoms with Crippen molar-refractivity contribution < 1.29 is 0 Å². The summed E-state index contributed by atoms with van der Waals surface area (Å²) in [4.78, 5) is 0.